The van der Waals surface area contributed by atoms with E-state index in [0.29, 0.717) is 12.3 Å². The van der Waals surface area contributed by atoms with Crippen LogP contribution in [0.15, 0.2) is 29.3 Å². The predicted octanol–water partition coefficient (Wildman–Crippen LogP) is 2.57. The summed E-state index contributed by atoms with van der Waals surface area (Å²) in [5.41, 5.74) is 1.41. The zero-order chi connectivity index (χ0) is 19.2. The third-order valence-corrected chi connectivity index (χ3v) is 5.07. The van der Waals surface area contributed by atoms with Gasteiger partial charge >= 0.3 is 12.0 Å². The lowest BCUT2D eigenvalue weighted by Crippen LogP contribution is -2.49. The molecule has 2 atom stereocenters. The molecule has 7 nitrogen and oxygen atoms in total. The van der Waals surface area contributed by atoms with Gasteiger partial charge in [0.25, 0.3) is 0 Å². The van der Waals surface area contributed by atoms with E-state index in [-0.39, 0.29) is 12.6 Å². The molecule has 0 saturated carbocycles. The Hall–Kier alpha value is -2.41. The lowest BCUT2D eigenvalue weighted by atomic mass is 9.87. The van der Waals surface area contributed by atoms with Crippen LogP contribution in [0.2, 0.25) is 0 Å². The Balaban J connectivity index is 1.89. The van der Waals surface area contributed by atoms with Crippen molar-refractivity contribution in [1.82, 2.24) is 10.2 Å². The molecule has 2 unspecified atom stereocenters. The van der Waals surface area contributed by atoms with Crippen LogP contribution in [0, 0.1) is 5.92 Å². The minimum Gasteiger partial charge on any atom is -0.497 e. The number of rotatable bonds is 6. The van der Waals surface area contributed by atoms with Crippen LogP contribution in [0.3, 0.4) is 0 Å². The number of hydrogen-bond acceptors (Lipinski definition) is 5. The third-order valence-electron chi connectivity index (χ3n) is 5.07. The van der Waals surface area contributed by atoms with Gasteiger partial charge in [0.15, 0.2) is 0 Å². The number of ether oxygens (including phenoxy) is 2. The van der Waals surface area contributed by atoms with Gasteiger partial charge in [-0.3, -0.25) is 9.69 Å². The van der Waals surface area contributed by atoms with E-state index in [2.05, 4.69) is 15.2 Å². The highest BCUT2D eigenvalue weighted by Gasteiger charge is 2.40. The Kier molecular flexibility index (Phi) is 6.45. The van der Waals surface area contributed by atoms with Crippen LogP contribution in [0.4, 0.5) is 4.79 Å². The summed E-state index contributed by atoms with van der Waals surface area (Å²) in [4.78, 5) is 31.5. The zero-order valence-electron chi connectivity index (χ0n) is 15.9. The zero-order valence-corrected chi connectivity index (χ0v) is 15.9. The first-order chi connectivity index (χ1) is 13.1. The fourth-order valence-corrected chi connectivity index (χ4v) is 3.71. The van der Waals surface area contributed by atoms with E-state index in [4.69, 9.17) is 9.47 Å². The van der Waals surface area contributed by atoms with Crippen LogP contribution in [0.25, 0.3) is 0 Å². The molecule has 2 aliphatic heterocycles. The van der Waals surface area contributed by atoms with Crippen molar-refractivity contribution in [2.24, 2.45) is 10.9 Å². The Labute approximate surface area is 159 Å². The van der Waals surface area contributed by atoms with E-state index < -0.39 is 18.0 Å². The lowest BCUT2D eigenvalue weighted by molar-refractivity contribution is -0.146. The predicted molar refractivity (Wildman–Crippen MR) is 102 cm³/mol. The normalized spacial score (nSPS) is 23.3. The monoisotopic (exact) mass is 373 g/mol. The van der Waals surface area contributed by atoms with E-state index in [0.717, 1.165) is 37.2 Å². The third kappa shape index (κ3) is 4.66. The Morgan fingerprint density at radius 2 is 1.93 bits per heavy atom. The number of piperidine rings is 1. The minimum absolute atomic E-state index is 0.287. The number of benzene rings is 1. The van der Waals surface area contributed by atoms with Crippen LogP contribution in [-0.2, 0) is 9.53 Å². The molecule has 27 heavy (non-hydrogen) atoms. The summed E-state index contributed by atoms with van der Waals surface area (Å²) in [6.45, 7) is 4.51. The summed E-state index contributed by atoms with van der Waals surface area (Å²) in [6, 6.07) is 6.45. The number of hydrogen-bond donors (Lipinski definition) is 1. The number of carbonyl (C=O) groups excluding carboxylic acids is 2. The number of nitrogens with zero attached hydrogens (tertiary/aromatic N) is 2. The smallest absolute Gasteiger partial charge is 0.341 e. The first kappa shape index (κ1) is 19.4. The van der Waals surface area contributed by atoms with Gasteiger partial charge in [-0.2, -0.15) is 0 Å². The summed E-state index contributed by atoms with van der Waals surface area (Å²) in [6.07, 6.45) is 3.48. The van der Waals surface area contributed by atoms with Gasteiger partial charge in [0, 0.05) is 6.54 Å². The van der Waals surface area contributed by atoms with Crippen LogP contribution in [-0.4, -0.2) is 56.0 Å². The molecule has 2 aliphatic rings. The highest BCUT2D eigenvalue weighted by molar-refractivity contribution is 6.10. The highest BCUT2D eigenvalue weighted by Crippen LogP contribution is 2.30. The van der Waals surface area contributed by atoms with Crippen molar-refractivity contribution in [3.8, 4) is 5.75 Å². The van der Waals surface area contributed by atoms with E-state index in [1.165, 1.54) is 6.42 Å². The van der Waals surface area contributed by atoms with Crippen molar-refractivity contribution in [2.75, 3.05) is 33.4 Å². The molecule has 0 radical (unpaired) electrons. The van der Waals surface area contributed by atoms with E-state index in [1.54, 1.807) is 14.0 Å². The minimum atomic E-state index is -0.627. The van der Waals surface area contributed by atoms with Gasteiger partial charge in [-0.1, -0.05) is 18.6 Å². The number of nitrogens with one attached hydrogen (secondary N) is 1. The maximum atomic E-state index is 12.8. The molecule has 0 spiro atoms. The molecule has 0 aromatic heterocycles. The van der Waals surface area contributed by atoms with Gasteiger partial charge in [-0.25, -0.2) is 9.79 Å². The average molecular weight is 373 g/mol. The van der Waals surface area contributed by atoms with Crippen LogP contribution < -0.4 is 10.1 Å². The van der Waals surface area contributed by atoms with Crippen molar-refractivity contribution in [1.29, 1.82) is 0 Å². The molecule has 1 N–H and O–H groups in total. The summed E-state index contributed by atoms with van der Waals surface area (Å²) >= 11 is 0. The van der Waals surface area contributed by atoms with Crippen LogP contribution in [0.1, 0.15) is 37.8 Å². The van der Waals surface area contributed by atoms with Crippen molar-refractivity contribution >= 4 is 17.7 Å². The maximum absolute atomic E-state index is 12.8. The van der Waals surface area contributed by atoms with Gasteiger partial charge in [0.1, 0.15) is 11.7 Å². The Morgan fingerprint density at radius 3 is 2.56 bits per heavy atom. The fraction of sp³-hybridized carbons (Fsp3) is 0.550. The molecule has 1 aromatic rings. The second kappa shape index (κ2) is 8.99. The van der Waals surface area contributed by atoms with Crippen molar-refractivity contribution in [3.63, 3.8) is 0 Å². The van der Waals surface area contributed by atoms with Gasteiger partial charge in [-0.05, 0) is 50.6 Å². The van der Waals surface area contributed by atoms with Gasteiger partial charge < -0.3 is 14.8 Å². The molecule has 7 heteroatoms. The number of aliphatic imine (C=N–C) groups is 1. The molecule has 1 aromatic carbocycles. The number of methoxy groups -OCH3 is 1. The summed E-state index contributed by atoms with van der Waals surface area (Å²) in [5, 5.41) is 2.84. The molecule has 146 valence electrons. The van der Waals surface area contributed by atoms with E-state index >= 15 is 0 Å². The van der Waals surface area contributed by atoms with Crippen molar-refractivity contribution in [3.05, 3.63) is 29.8 Å². The average Bonchev–Trinajstić information content (AvgIpc) is 2.68. The number of urea groups is 1. The first-order valence-electron chi connectivity index (χ1n) is 9.53. The molecule has 1 fully saturated rings. The van der Waals surface area contributed by atoms with Crippen molar-refractivity contribution < 1.29 is 19.1 Å². The Bertz CT molecular complexity index is 696. The number of esters is 1. The molecule has 1 saturated heterocycles. The van der Waals surface area contributed by atoms with Crippen LogP contribution in [0.5, 0.6) is 5.75 Å². The van der Waals surface area contributed by atoms with Gasteiger partial charge in [-0.15, -0.1) is 0 Å². The topological polar surface area (TPSA) is 80.2 Å². The second-order valence-electron chi connectivity index (χ2n) is 6.87. The summed E-state index contributed by atoms with van der Waals surface area (Å²) in [5.74, 6) is -0.261. The molecular formula is C20H27N3O4. The number of carbonyl (C=O) groups is 2. The van der Waals surface area contributed by atoms with Gasteiger partial charge in [0.2, 0.25) is 0 Å². The number of amides is 2. The maximum Gasteiger partial charge on any atom is 0.341 e. The number of likely N-dealkylation sites (tertiary alicyclic amines) is 1. The fourth-order valence-electron chi connectivity index (χ4n) is 3.71. The molecule has 3 rings (SSSR count). The van der Waals surface area contributed by atoms with Crippen LogP contribution >= 0.6 is 0 Å². The Morgan fingerprint density at radius 1 is 1.22 bits per heavy atom. The summed E-state index contributed by atoms with van der Waals surface area (Å²) in [7, 11) is 1.60. The lowest BCUT2D eigenvalue weighted by Gasteiger charge is -2.34. The van der Waals surface area contributed by atoms with Crippen molar-refractivity contribution in [2.45, 2.75) is 32.2 Å². The molecule has 2 heterocycles. The molecule has 0 aliphatic carbocycles. The largest absolute Gasteiger partial charge is 0.497 e. The van der Waals surface area contributed by atoms with E-state index in [1.807, 2.05) is 24.3 Å². The molecular weight excluding hydrogens is 346 g/mol. The quantitative estimate of drug-likeness (QED) is 0.775. The second-order valence-corrected chi connectivity index (χ2v) is 6.87. The first-order valence-corrected chi connectivity index (χ1v) is 9.53. The van der Waals surface area contributed by atoms with E-state index in [9.17, 15) is 9.59 Å². The summed E-state index contributed by atoms with van der Waals surface area (Å²) < 4.78 is 10.5. The van der Waals surface area contributed by atoms with Gasteiger partial charge in [0.05, 0.1) is 25.5 Å². The molecule has 0 bridgehead atoms. The highest BCUT2D eigenvalue weighted by atomic mass is 16.5. The molecule has 2 amide bonds. The standard InChI is InChI=1S/C20H27N3O4/c1-3-27-19(24)17-16(13-23-11-5-4-6-12-23)21-20(25)22-18(17)14-7-9-15(26-2)10-8-14/h7-10,17-18H,3-6,11-13H2,1-2H3,(H,22,25). The SMILES string of the molecule is CCOC(=O)C1C(CN2CCCCC2)=NC(=O)NC1c1ccc(OC)cc1.